The predicted octanol–water partition coefficient (Wildman–Crippen LogP) is 5.28. The molecule has 0 spiro atoms. The highest BCUT2D eigenvalue weighted by atomic mass is 127. The van der Waals surface area contributed by atoms with Crippen LogP contribution in [0.5, 0.6) is 0 Å². The van der Waals surface area contributed by atoms with Crippen LogP contribution in [0.3, 0.4) is 0 Å². The molecule has 0 bridgehead atoms. The molecule has 80 valence electrons. The fraction of sp³-hybridized carbons (Fsp3) is 0.0667. The Hall–Kier alpha value is -1.09. The van der Waals surface area contributed by atoms with Crippen molar-refractivity contribution in [2.75, 3.05) is 0 Å². The van der Waals surface area contributed by atoms with Crippen molar-refractivity contribution in [1.82, 2.24) is 0 Å². The molecule has 0 aromatic heterocycles. The lowest BCUT2D eigenvalue weighted by atomic mass is 9.99. The van der Waals surface area contributed by atoms with Crippen molar-refractivity contribution in [2.24, 2.45) is 0 Å². The number of halogens is 1. The minimum atomic E-state index is 1.28. The summed E-state index contributed by atoms with van der Waals surface area (Å²) in [5.41, 5.74) is 2.56. The highest BCUT2D eigenvalue weighted by Gasteiger charge is 2.00. The fourth-order valence-corrected chi connectivity index (χ4v) is 2.27. The molecule has 1 heteroatoms. The highest BCUT2D eigenvalue weighted by Crippen LogP contribution is 2.25. The van der Waals surface area contributed by atoms with E-state index in [-0.39, 0.29) is 0 Å². The first-order valence-electron chi connectivity index (χ1n) is 5.28. The Kier molecular flexibility index (Phi) is 3.78. The number of allylic oxidation sites excluding steroid dienone is 1. The van der Waals surface area contributed by atoms with E-state index in [0.29, 0.717) is 0 Å². The summed E-state index contributed by atoms with van der Waals surface area (Å²) < 4.78 is 2.05. The Balaban J connectivity index is 2.76. The van der Waals surface area contributed by atoms with Gasteiger partial charge in [-0.15, -0.1) is 0 Å². The van der Waals surface area contributed by atoms with E-state index in [0.717, 1.165) is 0 Å². The van der Waals surface area contributed by atoms with Crippen molar-refractivity contribution >= 4 is 45.5 Å². The standard InChI is InChI=1S/C15H13I/c1-2-5-12-8-9-13(10-11-16)15-7-4-3-6-14(12)15/h2-11H,1H3/b5-2+,11-10+. The zero-order valence-electron chi connectivity index (χ0n) is 9.15. The average Bonchev–Trinajstić information content (AvgIpc) is 2.33. The topological polar surface area (TPSA) is 0 Å². The zero-order valence-corrected chi connectivity index (χ0v) is 11.3. The summed E-state index contributed by atoms with van der Waals surface area (Å²) in [6.45, 7) is 2.05. The van der Waals surface area contributed by atoms with E-state index in [4.69, 9.17) is 0 Å². The molecule has 0 atom stereocenters. The molecule has 0 amide bonds. The van der Waals surface area contributed by atoms with Gasteiger partial charge in [-0.3, -0.25) is 0 Å². The monoisotopic (exact) mass is 320 g/mol. The quantitative estimate of drug-likeness (QED) is 0.661. The Morgan fingerprint density at radius 1 is 0.875 bits per heavy atom. The lowest BCUT2D eigenvalue weighted by molar-refractivity contribution is 1.67. The average molecular weight is 320 g/mol. The van der Waals surface area contributed by atoms with Gasteiger partial charge >= 0.3 is 0 Å². The highest BCUT2D eigenvalue weighted by molar-refractivity contribution is 14.1. The smallest absolute Gasteiger partial charge is 0.0105 e. The van der Waals surface area contributed by atoms with E-state index in [1.165, 1.54) is 21.9 Å². The molecule has 0 heterocycles. The summed E-state index contributed by atoms with van der Waals surface area (Å²) in [5, 5.41) is 2.62. The molecule has 0 unspecified atom stereocenters. The molecular formula is C15H13I. The van der Waals surface area contributed by atoms with E-state index in [1.54, 1.807) is 0 Å². The van der Waals surface area contributed by atoms with Crippen molar-refractivity contribution in [3.63, 3.8) is 0 Å². The predicted molar refractivity (Wildman–Crippen MR) is 81.7 cm³/mol. The second-order valence-electron chi connectivity index (χ2n) is 3.58. The first-order chi connectivity index (χ1) is 7.86. The van der Waals surface area contributed by atoms with Gasteiger partial charge in [-0.2, -0.15) is 0 Å². The van der Waals surface area contributed by atoms with Crippen LogP contribution < -0.4 is 0 Å². The van der Waals surface area contributed by atoms with Crippen LogP contribution in [0.2, 0.25) is 0 Å². The normalized spacial score (nSPS) is 11.9. The van der Waals surface area contributed by atoms with Gasteiger partial charge in [0.15, 0.2) is 0 Å². The summed E-state index contributed by atoms with van der Waals surface area (Å²) >= 11 is 2.25. The number of benzene rings is 2. The lowest BCUT2D eigenvalue weighted by Crippen LogP contribution is -1.82. The van der Waals surface area contributed by atoms with Gasteiger partial charge in [-0.05, 0) is 39.0 Å². The first-order valence-corrected chi connectivity index (χ1v) is 6.52. The summed E-state index contributed by atoms with van der Waals surface area (Å²) in [7, 11) is 0. The van der Waals surface area contributed by atoms with Gasteiger partial charge in [0, 0.05) is 0 Å². The molecule has 0 aliphatic rings. The Labute approximate surface area is 110 Å². The second kappa shape index (κ2) is 5.30. The maximum Gasteiger partial charge on any atom is -0.0105 e. The second-order valence-corrected chi connectivity index (χ2v) is 4.30. The third kappa shape index (κ3) is 2.19. The third-order valence-corrected chi connectivity index (χ3v) is 2.94. The molecule has 0 N–H and O–H groups in total. The van der Waals surface area contributed by atoms with Crippen LogP contribution in [-0.2, 0) is 0 Å². The number of rotatable bonds is 2. The molecule has 0 aliphatic carbocycles. The molecule has 0 saturated heterocycles. The maximum absolute atomic E-state index is 2.25. The molecular weight excluding hydrogens is 307 g/mol. The van der Waals surface area contributed by atoms with Gasteiger partial charge in [-0.1, -0.05) is 71.1 Å². The Morgan fingerprint density at radius 3 is 1.94 bits per heavy atom. The van der Waals surface area contributed by atoms with Crippen molar-refractivity contribution in [1.29, 1.82) is 0 Å². The minimum absolute atomic E-state index is 1.28. The largest absolute Gasteiger partial charge is 0.0870 e. The molecule has 0 nitrogen and oxygen atoms in total. The Bertz CT molecular complexity index is 500. The van der Waals surface area contributed by atoms with Crippen molar-refractivity contribution in [3.05, 3.63) is 57.7 Å². The zero-order chi connectivity index (χ0) is 11.4. The van der Waals surface area contributed by atoms with Crippen LogP contribution in [0.25, 0.3) is 22.9 Å². The van der Waals surface area contributed by atoms with Crippen molar-refractivity contribution < 1.29 is 0 Å². The summed E-state index contributed by atoms with van der Waals surface area (Å²) in [6, 6.07) is 12.9. The SMILES string of the molecule is C/C=C/c1ccc(/C=C/I)c2ccccc12. The summed E-state index contributed by atoms with van der Waals surface area (Å²) in [4.78, 5) is 0. The van der Waals surface area contributed by atoms with Gasteiger partial charge in [0.2, 0.25) is 0 Å². The first kappa shape index (κ1) is 11.4. The van der Waals surface area contributed by atoms with E-state index in [2.05, 4.69) is 81.3 Å². The molecule has 0 fully saturated rings. The van der Waals surface area contributed by atoms with Crippen LogP contribution in [-0.4, -0.2) is 0 Å². The summed E-state index contributed by atoms with van der Waals surface area (Å²) in [5.74, 6) is 0. The van der Waals surface area contributed by atoms with Gasteiger partial charge in [0.1, 0.15) is 0 Å². The third-order valence-electron chi connectivity index (χ3n) is 2.58. The molecule has 0 saturated carbocycles. The van der Waals surface area contributed by atoms with Crippen molar-refractivity contribution in [3.8, 4) is 0 Å². The van der Waals surface area contributed by atoms with Crippen LogP contribution in [0.15, 0.2) is 46.6 Å². The molecule has 0 radical (unpaired) electrons. The van der Waals surface area contributed by atoms with E-state index < -0.39 is 0 Å². The van der Waals surface area contributed by atoms with Crippen LogP contribution in [0.4, 0.5) is 0 Å². The maximum atomic E-state index is 2.25. The van der Waals surface area contributed by atoms with E-state index in [1.807, 2.05) is 6.92 Å². The number of hydrogen-bond acceptors (Lipinski definition) is 0. The summed E-state index contributed by atoms with van der Waals surface area (Å²) in [6.07, 6.45) is 6.37. The van der Waals surface area contributed by atoms with Crippen LogP contribution in [0, 0.1) is 0 Å². The number of fused-ring (bicyclic) bond motifs is 1. The number of hydrogen-bond donors (Lipinski definition) is 0. The van der Waals surface area contributed by atoms with Gasteiger partial charge in [0.05, 0.1) is 0 Å². The molecule has 2 aromatic carbocycles. The van der Waals surface area contributed by atoms with Crippen LogP contribution >= 0.6 is 22.6 Å². The fourth-order valence-electron chi connectivity index (χ4n) is 1.88. The van der Waals surface area contributed by atoms with E-state index >= 15 is 0 Å². The van der Waals surface area contributed by atoms with Crippen LogP contribution in [0.1, 0.15) is 18.1 Å². The van der Waals surface area contributed by atoms with Crippen molar-refractivity contribution in [2.45, 2.75) is 6.92 Å². The van der Waals surface area contributed by atoms with Gasteiger partial charge in [0.25, 0.3) is 0 Å². The Morgan fingerprint density at radius 2 is 1.44 bits per heavy atom. The lowest BCUT2D eigenvalue weighted by Gasteiger charge is -2.05. The molecule has 2 rings (SSSR count). The van der Waals surface area contributed by atoms with E-state index in [9.17, 15) is 0 Å². The van der Waals surface area contributed by atoms with Gasteiger partial charge < -0.3 is 0 Å². The molecule has 2 aromatic rings. The molecule has 0 aliphatic heterocycles. The molecule has 16 heavy (non-hydrogen) atoms. The minimum Gasteiger partial charge on any atom is -0.0870 e. The van der Waals surface area contributed by atoms with Gasteiger partial charge in [-0.25, -0.2) is 0 Å².